The van der Waals surface area contributed by atoms with Gasteiger partial charge in [0.15, 0.2) is 5.78 Å². The van der Waals surface area contributed by atoms with Gasteiger partial charge < -0.3 is 14.6 Å². The van der Waals surface area contributed by atoms with Gasteiger partial charge in [-0.3, -0.25) is 19.3 Å². The Bertz CT molecular complexity index is 1020. The zero-order valence-corrected chi connectivity index (χ0v) is 23.7. The van der Waals surface area contributed by atoms with Crippen molar-refractivity contribution < 1.29 is 23.6 Å². The molecule has 0 N–H and O–H groups in total. The number of halogens is 1. The van der Waals surface area contributed by atoms with E-state index in [1.54, 1.807) is 13.0 Å². The standard InChI is InChI=1S/C30H44FN3O4/c1-6-30(7-2)12-16-32(17-13-30)24-10-14-33(15-11-24)28-18-21(3)25(19-26(28)31)29(38)34(20-35)27(23(5)37)9-8-22(4)36/h18-20,24,27H,6-17H2,1-5H3. The van der Waals surface area contributed by atoms with Gasteiger partial charge >= 0.3 is 0 Å². The van der Waals surface area contributed by atoms with E-state index in [0.29, 0.717) is 29.1 Å². The van der Waals surface area contributed by atoms with E-state index in [-0.39, 0.29) is 24.2 Å². The van der Waals surface area contributed by atoms with Crippen molar-refractivity contribution in [2.45, 2.75) is 98.1 Å². The van der Waals surface area contributed by atoms with Crippen LogP contribution in [0.1, 0.15) is 95.0 Å². The number of ketones is 2. The molecule has 0 aliphatic carbocycles. The summed E-state index contributed by atoms with van der Waals surface area (Å²) in [6.07, 6.45) is 7.35. The second-order valence-electron chi connectivity index (χ2n) is 11.3. The Balaban J connectivity index is 1.68. The van der Waals surface area contributed by atoms with Crippen molar-refractivity contribution in [2.24, 2.45) is 5.41 Å². The summed E-state index contributed by atoms with van der Waals surface area (Å²) in [7, 11) is 0. The quantitative estimate of drug-likeness (QED) is 0.378. The molecule has 8 heteroatoms. The van der Waals surface area contributed by atoms with Crippen molar-refractivity contribution in [1.29, 1.82) is 0 Å². The fourth-order valence-corrected chi connectivity index (χ4v) is 6.21. The molecule has 38 heavy (non-hydrogen) atoms. The third-order valence-corrected chi connectivity index (χ3v) is 9.13. The zero-order valence-electron chi connectivity index (χ0n) is 23.7. The summed E-state index contributed by atoms with van der Waals surface area (Å²) in [6.45, 7) is 12.8. The van der Waals surface area contributed by atoms with E-state index in [0.717, 1.165) is 43.9 Å². The number of nitrogens with zero attached hydrogens (tertiary/aromatic N) is 3. The minimum atomic E-state index is -1.06. The lowest BCUT2D eigenvalue weighted by atomic mass is 9.74. The molecule has 3 rings (SSSR count). The number of hydrogen-bond acceptors (Lipinski definition) is 6. The highest BCUT2D eigenvalue weighted by atomic mass is 19.1. The van der Waals surface area contributed by atoms with Crippen LogP contribution in [0.15, 0.2) is 12.1 Å². The predicted molar refractivity (Wildman–Crippen MR) is 147 cm³/mol. The molecule has 0 aromatic heterocycles. The first-order chi connectivity index (χ1) is 18.1. The molecule has 2 saturated heterocycles. The lowest BCUT2D eigenvalue weighted by Gasteiger charge is -2.46. The third-order valence-electron chi connectivity index (χ3n) is 9.13. The van der Waals surface area contributed by atoms with Crippen molar-refractivity contribution in [2.75, 3.05) is 31.1 Å². The fourth-order valence-electron chi connectivity index (χ4n) is 6.21. The van der Waals surface area contributed by atoms with Gasteiger partial charge in [0, 0.05) is 31.1 Å². The number of carbonyl (C=O) groups is 4. The predicted octanol–water partition coefficient (Wildman–Crippen LogP) is 4.93. The van der Waals surface area contributed by atoms with Crippen molar-refractivity contribution in [3.63, 3.8) is 0 Å². The van der Waals surface area contributed by atoms with E-state index >= 15 is 4.39 Å². The topological polar surface area (TPSA) is 78.0 Å². The number of amides is 2. The molecule has 0 radical (unpaired) electrons. The minimum absolute atomic E-state index is 0.0472. The maximum atomic E-state index is 15.3. The average molecular weight is 530 g/mol. The molecule has 1 atom stereocenters. The second-order valence-corrected chi connectivity index (χ2v) is 11.3. The fraction of sp³-hybridized carbons (Fsp3) is 0.667. The number of rotatable bonds is 11. The van der Waals surface area contributed by atoms with E-state index in [2.05, 4.69) is 18.7 Å². The highest BCUT2D eigenvalue weighted by Crippen LogP contribution is 2.39. The van der Waals surface area contributed by atoms with Gasteiger partial charge in [-0.05, 0) is 89.1 Å². The molecule has 1 aromatic rings. The minimum Gasteiger partial charge on any atom is -0.369 e. The van der Waals surface area contributed by atoms with Gasteiger partial charge in [-0.25, -0.2) is 4.39 Å². The van der Waals surface area contributed by atoms with Crippen LogP contribution in [0.5, 0.6) is 0 Å². The van der Waals surface area contributed by atoms with Crippen LogP contribution in [0.2, 0.25) is 0 Å². The van der Waals surface area contributed by atoms with Crippen LogP contribution < -0.4 is 4.90 Å². The van der Waals surface area contributed by atoms with Gasteiger partial charge in [-0.2, -0.15) is 0 Å². The molecule has 0 saturated carbocycles. The van der Waals surface area contributed by atoms with E-state index in [1.807, 2.05) is 4.90 Å². The largest absolute Gasteiger partial charge is 0.369 e. The summed E-state index contributed by atoms with van der Waals surface area (Å²) in [6, 6.07) is 2.31. The lowest BCUT2D eigenvalue weighted by Crippen LogP contribution is -2.49. The molecule has 2 aliphatic heterocycles. The molecule has 1 aromatic carbocycles. The molecule has 0 spiro atoms. The van der Waals surface area contributed by atoms with Crippen LogP contribution in [0.4, 0.5) is 10.1 Å². The van der Waals surface area contributed by atoms with Gasteiger partial charge in [0.2, 0.25) is 6.41 Å². The van der Waals surface area contributed by atoms with E-state index < -0.39 is 23.5 Å². The maximum Gasteiger partial charge on any atom is 0.261 e. The van der Waals surface area contributed by atoms with Gasteiger partial charge in [0.1, 0.15) is 11.6 Å². The molecule has 210 valence electrons. The van der Waals surface area contributed by atoms with Crippen molar-refractivity contribution in [3.05, 3.63) is 29.1 Å². The van der Waals surface area contributed by atoms with Crippen LogP contribution in [0, 0.1) is 18.2 Å². The highest BCUT2D eigenvalue weighted by molar-refractivity contribution is 6.04. The summed E-state index contributed by atoms with van der Waals surface area (Å²) >= 11 is 0. The summed E-state index contributed by atoms with van der Waals surface area (Å²) in [5, 5.41) is 0. The Morgan fingerprint density at radius 1 is 1.08 bits per heavy atom. The number of hydrogen-bond donors (Lipinski definition) is 0. The Morgan fingerprint density at radius 2 is 1.68 bits per heavy atom. The Morgan fingerprint density at radius 3 is 2.18 bits per heavy atom. The summed E-state index contributed by atoms with van der Waals surface area (Å²) in [5.74, 6) is -1.78. The Labute approximate surface area is 226 Å². The molecule has 2 aliphatic rings. The highest BCUT2D eigenvalue weighted by Gasteiger charge is 2.35. The van der Waals surface area contributed by atoms with Crippen LogP contribution in [-0.2, 0) is 14.4 Å². The SMILES string of the molecule is CCC1(CC)CCN(C2CCN(c3cc(C)c(C(=O)N(C=O)C(CCC(C)=O)C(C)=O)cc3F)CC2)CC1. The van der Waals surface area contributed by atoms with Gasteiger partial charge in [-0.1, -0.05) is 26.7 Å². The molecule has 2 heterocycles. The number of aryl methyl sites for hydroxylation is 1. The summed E-state index contributed by atoms with van der Waals surface area (Å²) in [4.78, 5) is 54.0. The molecule has 1 unspecified atom stereocenters. The van der Waals surface area contributed by atoms with E-state index in [4.69, 9.17) is 0 Å². The Hall–Kier alpha value is -2.61. The smallest absolute Gasteiger partial charge is 0.261 e. The number of carbonyl (C=O) groups excluding carboxylic acids is 4. The van der Waals surface area contributed by atoms with Crippen molar-refractivity contribution >= 4 is 29.6 Å². The monoisotopic (exact) mass is 529 g/mol. The van der Waals surface area contributed by atoms with Crippen LogP contribution in [0.25, 0.3) is 0 Å². The lowest BCUT2D eigenvalue weighted by molar-refractivity contribution is -0.128. The second kappa shape index (κ2) is 13.0. The number of Topliss-reactive ketones (excluding diaryl/α,β-unsaturated/α-hetero) is 2. The van der Waals surface area contributed by atoms with E-state index in [1.165, 1.54) is 45.6 Å². The number of piperidine rings is 2. The van der Waals surface area contributed by atoms with Crippen LogP contribution in [0.3, 0.4) is 0 Å². The van der Waals surface area contributed by atoms with Gasteiger partial charge in [0.25, 0.3) is 5.91 Å². The first-order valence-corrected chi connectivity index (χ1v) is 14.1. The molecule has 0 bridgehead atoms. The van der Waals surface area contributed by atoms with Gasteiger partial charge in [0.05, 0.1) is 11.7 Å². The molecular weight excluding hydrogens is 485 g/mol. The zero-order chi connectivity index (χ0) is 28.0. The average Bonchev–Trinajstić information content (AvgIpc) is 2.91. The number of likely N-dealkylation sites (tertiary alicyclic amines) is 1. The first kappa shape index (κ1) is 29.9. The summed E-state index contributed by atoms with van der Waals surface area (Å²) in [5.41, 5.74) is 1.55. The molecular formula is C30H44FN3O4. The molecule has 7 nitrogen and oxygen atoms in total. The van der Waals surface area contributed by atoms with Gasteiger partial charge in [-0.15, -0.1) is 0 Å². The summed E-state index contributed by atoms with van der Waals surface area (Å²) < 4.78 is 15.3. The Kier molecular flexibility index (Phi) is 10.2. The number of imide groups is 1. The van der Waals surface area contributed by atoms with Crippen molar-refractivity contribution in [3.8, 4) is 0 Å². The third kappa shape index (κ3) is 6.68. The first-order valence-electron chi connectivity index (χ1n) is 14.1. The van der Waals surface area contributed by atoms with E-state index in [9.17, 15) is 19.2 Å². The van der Waals surface area contributed by atoms with Crippen LogP contribution >= 0.6 is 0 Å². The van der Waals surface area contributed by atoms with Crippen molar-refractivity contribution in [1.82, 2.24) is 9.80 Å². The molecule has 2 amide bonds. The maximum absolute atomic E-state index is 15.3. The number of anilines is 1. The van der Waals surface area contributed by atoms with Crippen LogP contribution in [-0.4, -0.2) is 71.9 Å². The number of benzene rings is 1. The molecule has 2 fully saturated rings. The normalized spacial score (nSPS) is 19.2.